The first kappa shape index (κ1) is 17.1. The van der Waals surface area contributed by atoms with Crippen LogP contribution in [0.1, 0.15) is 57.9 Å². The van der Waals surface area contributed by atoms with Crippen molar-refractivity contribution in [3.05, 3.63) is 30.0 Å². The van der Waals surface area contributed by atoms with E-state index in [0.717, 1.165) is 16.4 Å². The van der Waals surface area contributed by atoms with Crippen LogP contribution in [0.4, 0.5) is 0 Å². The largest absolute Gasteiger partial charge is 0.494 e. The molecular weight excluding hydrogens is 305 g/mol. The molecule has 6 heteroatoms. The fourth-order valence-electron chi connectivity index (χ4n) is 2.99. The van der Waals surface area contributed by atoms with E-state index in [9.17, 15) is 9.90 Å². The summed E-state index contributed by atoms with van der Waals surface area (Å²) in [6, 6.07) is 5.87. The number of hydrogen-bond acceptors (Lipinski definition) is 3. The van der Waals surface area contributed by atoms with Gasteiger partial charge in [-0.25, -0.2) is 4.79 Å². The Morgan fingerprint density at radius 1 is 1.17 bits per heavy atom. The fourth-order valence-corrected chi connectivity index (χ4v) is 2.99. The Morgan fingerprint density at radius 2 is 1.75 bits per heavy atom. The van der Waals surface area contributed by atoms with Gasteiger partial charge in [-0.2, -0.15) is 0 Å². The molecule has 1 N–H and O–H groups in total. The van der Waals surface area contributed by atoms with E-state index in [1.165, 1.54) is 0 Å². The minimum absolute atomic E-state index is 0.161. The van der Waals surface area contributed by atoms with E-state index < -0.39 is 24.3 Å². The molecule has 0 atom stereocenters. The first-order valence-corrected chi connectivity index (χ1v) is 8.27. The van der Waals surface area contributed by atoms with Crippen LogP contribution in [0.25, 0.3) is 10.9 Å². The van der Waals surface area contributed by atoms with Crippen LogP contribution < -0.4 is 5.46 Å². The molecule has 3 rings (SSSR count). The van der Waals surface area contributed by atoms with E-state index in [0.29, 0.717) is 5.56 Å². The maximum absolute atomic E-state index is 11.5. The van der Waals surface area contributed by atoms with Gasteiger partial charge in [0.15, 0.2) is 0 Å². The number of hydrogen-bond donors (Lipinski definition) is 1. The highest BCUT2D eigenvalue weighted by atomic mass is 16.7. The van der Waals surface area contributed by atoms with Crippen LogP contribution >= 0.6 is 0 Å². The molecule has 1 aliphatic heterocycles. The lowest BCUT2D eigenvalue weighted by Gasteiger charge is -2.32. The van der Waals surface area contributed by atoms with Crippen molar-refractivity contribution in [2.45, 2.75) is 58.8 Å². The average molecular weight is 329 g/mol. The lowest BCUT2D eigenvalue weighted by molar-refractivity contribution is 0.00578. The molecule has 0 spiro atoms. The van der Waals surface area contributed by atoms with Gasteiger partial charge < -0.3 is 19.0 Å². The number of benzene rings is 1. The lowest BCUT2D eigenvalue weighted by Crippen LogP contribution is -2.41. The number of aromatic carboxylic acids is 1. The van der Waals surface area contributed by atoms with Crippen LogP contribution in [0.5, 0.6) is 0 Å². The van der Waals surface area contributed by atoms with Crippen molar-refractivity contribution in [3.63, 3.8) is 0 Å². The number of rotatable bonds is 3. The van der Waals surface area contributed by atoms with Gasteiger partial charge in [-0.1, -0.05) is 12.1 Å². The van der Waals surface area contributed by atoms with E-state index in [1.807, 2.05) is 64.3 Å². The van der Waals surface area contributed by atoms with Crippen LogP contribution in [-0.4, -0.2) is 34.0 Å². The topological polar surface area (TPSA) is 60.7 Å². The Morgan fingerprint density at radius 3 is 2.25 bits per heavy atom. The second-order valence-corrected chi connectivity index (χ2v) is 7.71. The van der Waals surface area contributed by atoms with Crippen molar-refractivity contribution in [1.29, 1.82) is 0 Å². The minimum atomic E-state index is -0.914. The third-order valence-corrected chi connectivity index (χ3v) is 5.17. The Balaban J connectivity index is 2.09. The summed E-state index contributed by atoms with van der Waals surface area (Å²) in [6.07, 6.45) is 1.70. The predicted octanol–water partition coefficient (Wildman–Crippen LogP) is 3.22. The number of aromatic nitrogens is 1. The van der Waals surface area contributed by atoms with Gasteiger partial charge >= 0.3 is 13.1 Å². The highest BCUT2D eigenvalue weighted by molar-refractivity contribution is 6.62. The van der Waals surface area contributed by atoms with Gasteiger partial charge in [-0.15, -0.1) is 0 Å². The van der Waals surface area contributed by atoms with E-state index in [4.69, 9.17) is 9.31 Å². The molecule has 0 saturated carbocycles. The molecule has 5 nitrogen and oxygen atoms in total. The molecule has 1 aromatic heterocycles. The molecule has 1 saturated heterocycles. The predicted molar refractivity (Wildman–Crippen MR) is 95.0 cm³/mol. The van der Waals surface area contributed by atoms with E-state index in [2.05, 4.69) is 0 Å². The van der Waals surface area contributed by atoms with Gasteiger partial charge in [0.05, 0.1) is 16.8 Å². The van der Waals surface area contributed by atoms with Gasteiger partial charge in [0.2, 0.25) is 0 Å². The summed E-state index contributed by atoms with van der Waals surface area (Å²) in [6.45, 7) is 12.1. The van der Waals surface area contributed by atoms with Crippen molar-refractivity contribution < 1.29 is 19.2 Å². The molecule has 0 aliphatic carbocycles. The zero-order valence-electron chi connectivity index (χ0n) is 15.1. The van der Waals surface area contributed by atoms with Crippen molar-refractivity contribution in [2.24, 2.45) is 0 Å². The summed E-state index contributed by atoms with van der Waals surface area (Å²) >= 11 is 0. The van der Waals surface area contributed by atoms with Gasteiger partial charge in [0, 0.05) is 23.1 Å². The zero-order chi connectivity index (χ0) is 17.9. The molecule has 2 heterocycles. The van der Waals surface area contributed by atoms with Gasteiger partial charge in [0.25, 0.3) is 0 Å². The van der Waals surface area contributed by atoms with Crippen molar-refractivity contribution in [2.75, 3.05) is 0 Å². The maximum atomic E-state index is 11.5. The van der Waals surface area contributed by atoms with Crippen molar-refractivity contribution in [3.8, 4) is 0 Å². The zero-order valence-corrected chi connectivity index (χ0v) is 15.1. The van der Waals surface area contributed by atoms with Crippen molar-refractivity contribution in [1.82, 2.24) is 4.57 Å². The van der Waals surface area contributed by atoms with Gasteiger partial charge in [-0.05, 0) is 53.1 Å². The number of fused-ring (bicyclic) bond motifs is 1. The monoisotopic (exact) mass is 329 g/mol. The second-order valence-electron chi connectivity index (χ2n) is 7.71. The standard InChI is InChI=1S/C18H24BNO4/c1-11(2)20-10-14(16(21)22)13-8-7-12(9-15(13)20)19-23-17(3,4)18(5,6)24-19/h7-11H,1-6H3,(H,21,22). The Labute approximate surface area is 142 Å². The molecule has 0 unspecified atom stereocenters. The molecule has 2 aromatic rings. The molecule has 24 heavy (non-hydrogen) atoms. The molecule has 1 aromatic carbocycles. The third-order valence-electron chi connectivity index (χ3n) is 5.17. The van der Waals surface area contributed by atoms with Crippen LogP contribution in [-0.2, 0) is 9.31 Å². The maximum Gasteiger partial charge on any atom is 0.494 e. The van der Waals surface area contributed by atoms with Gasteiger partial charge in [0.1, 0.15) is 0 Å². The number of carboxylic acid groups (broad SMARTS) is 1. The summed E-state index contributed by atoms with van der Waals surface area (Å²) in [5.74, 6) is -0.914. The van der Waals surface area contributed by atoms with E-state index >= 15 is 0 Å². The molecule has 128 valence electrons. The van der Waals surface area contributed by atoms with Crippen LogP contribution in [0.15, 0.2) is 24.4 Å². The van der Waals surface area contributed by atoms with E-state index in [-0.39, 0.29) is 6.04 Å². The molecule has 1 fully saturated rings. The minimum Gasteiger partial charge on any atom is -0.478 e. The summed E-state index contributed by atoms with van der Waals surface area (Å²) in [4.78, 5) is 11.5. The summed E-state index contributed by atoms with van der Waals surface area (Å²) in [5, 5.41) is 10.2. The summed E-state index contributed by atoms with van der Waals surface area (Å²) < 4.78 is 14.2. The molecule has 0 radical (unpaired) electrons. The third kappa shape index (κ3) is 2.54. The molecular formula is C18H24BNO4. The number of carbonyl (C=O) groups is 1. The first-order valence-electron chi connectivity index (χ1n) is 8.27. The summed E-state index contributed by atoms with van der Waals surface area (Å²) in [7, 11) is -0.455. The van der Waals surface area contributed by atoms with Crippen LogP contribution in [0.2, 0.25) is 0 Å². The van der Waals surface area contributed by atoms with Crippen LogP contribution in [0.3, 0.4) is 0 Å². The van der Waals surface area contributed by atoms with Crippen molar-refractivity contribution >= 4 is 29.5 Å². The second kappa shape index (κ2) is 5.36. The normalized spacial score (nSPS) is 19.4. The molecule has 1 aliphatic rings. The smallest absolute Gasteiger partial charge is 0.478 e. The summed E-state index contributed by atoms with van der Waals surface area (Å²) in [5.41, 5.74) is 1.30. The number of nitrogens with zero attached hydrogens (tertiary/aromatic N) is 1. The quantitative estimate of drug-likeness (QED) is 0.879. The fraction of sp³-hybridized carbons (Fsp3) is 0.500. The van der Waals surface area contributed by atoms with Gasteiger partial charge in [-0.3, -0.25) is 0 Å². The lowest BCUT2D eigenvalue weighted by atomic mass is 9.78. The molecule has 0 bridgehead atoms. The molecule has 0 amide bonds. The Bertz CT molecular complexity index is 791. The van der Waals surface area contributed by atoms with E-state index in [1.54, 1.807) is 6.20 Å². The highest BCUT2D eigenvalue weighted by Crippen LogP contribution is 2.36. The Kier molecular flexibility index (Phi) is 3.81. The van der Waals surface area contributed by atoms with Crippen LogP contribution in [0, 0.1) is 0 Å². The first-order chi connectivity index (χ1) is 11.0. The SMILES string of the molecule is CC(C)n1cc(C(=O)O)c2ccc(B3OC(C)(C)C(C)(C)O3)cc21. The highest BCUT2D eigenvalue weighted by Gasteiger charge is 2.51. The Hall–Kier alpha value is -1.79. The average Bonchev–Trinajstić information content (AvgIpc) is 2.93. The number of carboxylic acids is 1.